The summed E-state index contributed by atoms with van der Waals surface area (Å²) in [7, 11) is 0. The van der Waals surface area contributed by atoms with Crippen molar-refractivity contribution in [1.29, 1.82) is 0 Å². The molecular weight excluding hydrogens is 530 g/mol. The standard InChI is InChI=1S/C26H28ClN5O7/c1-2-26(37)18(13-38-17(24(35)36)11-15-7-4-3-5-8-15)39-23(20(26)34)32-14-28-19-21(29-25(27)30-22(19)32)31-10-6-9-16(31)12-33/h1,3-5,7-8,14,16-18,20,23,33-34,37H,6,9-13H2,(H,35,36)/t16-,17?,18-,20+,23-,26-/m1/s1. The second kappa shape index (κ2) is 11.1. The minimum absolute atomic E-state index is 0.0627. The van der Waals surface area contributed by atoms with E-state index in [1.54, 1.807) is 24.3 Å². The molecule has 4 N–H and O–H groups in total. The van der Waals surface area contributed by atoms with Crippen molar-refractivity contribution in [3.8, 4) is 12.3 Å². The van der Waals surface area contributed by atoms with Crippen molar-refractivity contribution in [2.45, 2.75) is 55.4 Å². The number of imidazole rings is 1. The number of nitrogens with zero attached hydrogens (tertiary/aromatic N) is 5. The summed E-state index contributed by atoms with van der Waals surface area (Å²) in [6.07, 6.45) is 3.31. The van der Waals surface area contributed by atoms with Gasteiger partial charge in [0.05, 0.1) is 25.6 Å². The number of aliphatic carboxylic acids is 1. The number of ether oxygens (including phenoxy) is 2. The number of carboxylic acid groups (broad SMARTS) is 1. The first-order chi connectivity index (χ1) is 18.8. The first kappa shape index (κ1) is 27.3. The summed E-state index contributed by atoms with van der Waals surface area (Å²) >= 11 is 6.24. The molecule has 1 aromatic carbocycles. The summed E-state index contributed by atoms with van der Waals surface area (Å²) in [5, 5.41) is 41.7. The summed E-state index contributed by atoms with van der Waals surface area (Å²) in [5.41, 5.74) is -0.853. The van der Waals surface area contributed by atoms with E-state index in [0.29, 0.717) is 17.9 Å². The molecule has 12 nitrogen and oxygen atoms in total. The maximum Gasteiger partial charge on any atom is 0.333 e. The molecule has 0 spiro atoms. The Morgan fingerprint density at radius 3 is 2.79 bits per heavy atom. The summed E-state index contributed by atoms with van der Waals surface area (Å²) in [5.74, 6) is 1.43. The Morgan fingerprint density at radius 1 is 1.33 bits per heavy atom. The van der Waals surface area contributed by atoms with Crippen molar-refractivity contribution in [2.75, 3.05) is 24.7 Å². The Morgan fingerprint density at radius 2 is 2.10 bits per heavy atom. The molecule has 2 fully saturated rings. The molecule has 39 heavy (non-hydrogen) atoms. The molecule has 6 atom stereocenters. The molecule has 2 saturated heterocycles. The number of aromatic nitrogens is 4. The number of rotatable bonds is 9. The van der Waals surface area contributed by atoms with Gasteiger partial charge in [0.1, 0.15) is 12.2 Å². The molecule has 0 aliphatic carbocycles. The fourth-order valence-electron chi connectivity index (χ4n) is 5.13. The van der Waals surface area contributed by atoms with Crippen molar-refractivity contribution in [3.63, 3.8) is 0 Å². The predicted molar refractivity (Wildman–Crippen MR) is 139 cm³/mol. The highest BCUT2D eigenvalue weighted by molar-refractivity contribution is 6.28. The van der Waals surface area contributed by atoms with E-state index in [1.165, 1.54) is 10.9 Å². The average molecular weight is 558 g/mol. The van der Waals surface area contributed by atoms with E-state index in [9.17, 15) is 25.2 Å². The van der Waals surface area contributed by atoms with Crippen molar-refractivity contribution in [2.24, 2.45) is 0 Å². The number of anilines is 1. The predicted octanol–water partition coefficient (Wildman–Crippen LogP) is 0.776. The van der Waals surface area contributed by atoms with Crippen molar-refractivity contribution in [3.05, 3.63) is 47.5 Å². The largest absolute Gasteiger partial charge is 0.479 e. The van der Waals surface area contributed by atoms with Crippen LogP contribution in [0.5, 0.6) is 0 Å². The van der Waals surface area contributed by atoms with Crippen molar-refractivity contribution in [1.82, 2.24) is 19.5 Å². The van der Waals surface area contributed by atoms with Gasteiger partial charge in [0.15, 0.2) is 34.9 Å². The zero-order valence-electron chi connectivity index (χ0n) is 20.8. The van der Waals surface area contributed by atoms with Crippen LogP contribution in [0.15, 0.2) is 36.7 Å². The average Bonchev–Trinajstić information content (AvgIpc) is 3.64. The van der Waals surface area contributed by atoms with Gasteiger partial charge in [-0.25, -0.2) is 9.78 Å². The van der Waals surface area contributed by atoms with E-state index in [-0.39, 0.29) is 30.0 Å². The molecule has 206 valence electrons. The van der Waals surface area contributed by atoms with Crippen LogP contribution in [0.1, 0.15) is 24.6 Å². The lowest BCUT2D eigenvalue weighted by Gasteiger charge is -2.26. The maximum atomic E-state index is 11.8. The Kier molecular flexibility index (Phi) is 7.73. The molecule has 0 amide bonds. The van der Waals surface area contributed by atoms with Gasteiger partial charge in [0.25, 0.3) is 0 Å². The summed E-state index contributed by atoms with van der Waals surface area (Å²) < 4.78 is 13.0. The van der Waals surface area contributed by atoms with Crippen LogP contribution in [0.25, 0.3) is 11.2 Å². The van der Waals surface area contributed by atoms with Crippen LogP contribution in [-0.2, 0) is 20.7 Å². The number of benzene rings is 1. The lowest BCUT2D eigenvalue weighted by Crippen LogP contribution is -2.48. The van der Waals surface area contributed by atoms with Crippen molar-refractivity contribution < 1.29 is 34.7 Å². The smallest absolute Gasteiger partial charge is 0.333 e. The molecule has 0 saturated carbocycles. The van der Waals surface area contributed by atoms with E-state index in [4.69, 9.17) is 27.5 Å². The molecule has 5 rings (SSSR count). The number of carboxylic acids is 1. The van der Waals surface area contributed by atoms with Crippen LogP contribution in [0, 0.1) is 12.3 Å². The van der Waals surface area contributed by atoms with Gasteiger partial charge < -0.3 is 34.8 Å². The maximum absolute atomic E-state index is 11.8. The van der Waals surface area contributed by atoms with Crippen LogP contribution in [0.3, 0.4) is 0 Å². The second-order valence-corrected chi connectivity index (χ2v) is 9.93. The molecular formula is C26H28ClN5O7. The monoisotopic (exact) mass is 557 g/mol. The van der Waals surface area contributed by atoms with Crippen LogP contribution in [0.2, 0.25) is 5.28 Å². The van der Waals surface area contributed by atoms with Gasteiger partial charge in [-0.15, -0.1) is 6.42 Å². The van der Waals surface area contributed by atoms with Gasteiger partial charge >= 0.3 is 5.97 Å². The third kappa shape index (κ3) is 5.05. The first-order valence-corrected chi connectivity index (χ1v) is 12.8. The Labute approximate surface area is 228 Å². The number of halogens is 1. The van der Waals surface area contributed by atoms with E-state index in [0.717, 1.165) is 18.4 Å². The number of aliphatic hydroxyl groups is 3. The lowest BCUT2D eigenvalue weighted by molar-refractivity contribution is -0.156. The normalized spacial score (nSPS) is 27.6. The molecule has 3 aromatic rings. The number of fused-ring (bicyclic) bond motifs is 1. The summed E-state index contributed by atoms with van der Waals surface area (Å²) in [6.45, 7) is 0.178. The highest BCUT2D eigenvalue weighted by Gasteiger charge is 2.56. The van der Waals surface area contributed by atoms with Crippen LogP contribution in [-0.4, -0.2) is 95.6 Å². The fourth-order valence-corrected chi connectivity index (χ4v) is 5.29. The minimum Gasteiger partial charge on any atom is -0.479 e. The summed E-state index contributed by atoms with van der Waals surface area (Å²) in [4.78, 5) is 26.8. The van der Waals surface area contributed by atoms with Gasteiger partial charge in [0.2, 0.25) is 5.28 Å². The van der Waals surface area contributed by atoms with Gasteiger partial charge in [-0.2, -0.15) is 9.97 Å². The van der Waals surface area contributed by atoms with Crippen LogP contribution >= 0.6 is 11.6 Å². The molecule has 2 aliphatic heterocycles. The topological polar surface area (TPSA) is 163 Å². The zero-order valence-corrected chi connectivity index (χ0v) is 21.6. The highest BCUT2D eigenvalue weighted by Crippen LogP contribution is 2.40. The molecule has 4 heterocycles. The number of carbonyl (C=O) groups is 1. The quantitative estimate of drug-likeness (QED) is 0.217. The van der Waals surface area contributed by atoms with Gasteiger partial charge in [-0.3, -0.25) is 4.57 Å². The number of aliphatic hydroxyl groups excluding tert-OH is 2. The third-order valence-electron chi connectivity index (χ3n) is 7.24. The number of terminal acetylenes is 1. The Hall–Kier alpha value is -3.31. The molecule has 1 unspecified atom stereocenters. The molecule has 13 heteroatoms. The molecule has 2 aromatic heterocycles. The first-order valence-electron chi connectivity index (χ1n) is 12.5. The zero-order chi connectivity index (χ0) is 27.7. The molecule has 0 bridgehead atoms. The molecule has 2 aliphatic rings. The van der Waals surface area contributed by atoms with Crippen LogP contribution < -0.4 is 4.90 Å². The number of hydrogen-bond donors (Lipinski definition) is 4. The van der Waals surface area contributed by atoms with Gasteiger partial charge in [-0.05, 0) is 30.0 Å². The highest BCUT2D eigenvalue weighted by atomic mass is 35.5. The SMILES string of the molecule is C#C[C@@]1(O)[C@@H](COC(Cc2ccccc2)C(=O)O)O[C@@H](n2cnc3c(N4CCC[C@@H]4CO)nc(Cl)nc32)[C@@H]1O. The third-order valence-corrected chi connectivity index (χ3v) is 7.41. The Bertz CT molecular complexity index is 1380. The van der Waals surface area contributed by atoms with Crippen molar-refractivity contribution >= 4 is 34.6 Å². The summed E-state index contributed by atoms with van der Waals surface area (Å²) in [6, 6.07) is 8.80. The van der Waals surface area contributed by atoms with Gasteiger partial charge in [0, 0.05) is 13.0 Å². The van der Waals surface area contributed by atoms with E-state index >= 15 is 0 Å². The molecule has 0 radical (unpaired) electrons. The van der Waals surface area contributed by atoms with E-state index < -0.39 is 42.7 Å². The van der Waals surface area contributed by atoms with Crippen LogP contribution in [0.4, 0.5) is 5.82 Å². The van der Waals surface area contributed by atoms with E-state index in [2.05, 4.69) is 20.9 Å². The van der Waals surface area contributed by atoms with E-state index in [1.807, 2.05) is 11.0 Å². The lowest BCUT2D eigenvalue weighted by atomic mass is 9.93. The second-order valence-electron chi connectivity index (χ2n) is 9.59. The number of hydrogen-bond acceptors (Lipinski definition) is 10. The fraction of sp³-hybridized carbons (Fsp3) is 0.462. The van der Waals surface area contributed by atoms with Gasteiger partial charge in [-0.1, -0.05) is 36.3 Å². The Balaban J connectivity index is 1.41. The minimum atomic E-state index is -2.20.